The number of halogens is 1. The first-order valence-electron chi connectivity index (χ1n) is 19.4. The molecule has 1 amide bonds. The van der Waals surface area contributed by atoms with Crippen LogP contribution in [0, 0.1) is 17.7 Å². The molecule has 2 heterocycles. The maximum absolute atomic E-state index is 16.3. The molecule has 3 aliphatic carbocycles. The number of aliphatic hydroxyl groups is 1. The summed E-state index contributed by atoms with van der Waals surface area (Å²) in [6.45, 7) is 15.5. The van der Waals surface area contributed by atoms with Crippen LogP contribution in [0.3, 0.4) is 0 Å². The molecule has 1 aromatic carbocycles. The number of allylic oxidation sites excluding steroid dienone is 1. The van der Waals surface area contributed by atoms with Gasteiger partial charge in [-0.3, -0.25) is 24.2 Å². The van der Waals surface area contributed by atoms with Crippen LogP contribution < -0.4 is 14.8 Å². The first-order valence-corrected chi connectivity index (χ1v) is 22.3. The summed E-state index contributed by atoms with van der Waals surface area (Å²) in [5.74, 6) is -3.66. The summed E-state index contributed by atoms with van der Waals surface area (Å²) in [7, 11) is 2.64. The highest BCUT2D eigenvalue weighted by Gasteiger charge is 2.67. The highest BCUT2D eigenvalue weighted by Crippen LogP contribution is 2.60. The number of unbranched alkanes of at least 4 members (excludes halogenated alkanes) is 2. The molecule has 2 N–H and O–H groups in total. The molecule has 0 radical (unpaired) electrons. The van der Waals surface area contributed by atoms with Crippen LogP contribution in [0.5, 0.6) is 11.6 Å². The van der Waals surface area contributed by atoms with E-state index in [0.717, 1.165) is 25.8 Å². The van der Waals surface area contributed by atoms with Crippen LogP contribution in [0.4, 0.5) is 10.1 Å². The molecular formula is C40H57FN4O8Si. The molecule has 1 aromatic heterocycles. The fourth-order valence-electron chi connectivity index (χ4n) is 8.18. The zero-order valence-corrected chi connectivity index (χ0v) is 34.5. The lowest BCUT2D eigenvalue weighted by molar-refractivity contribution is -0.124. The second-order valence-electron chi connectivity index (χ2n) is 17.2. The summed E-state index contributed by atoms with van der Waals surface area (Å²) in [4.78, 5) is 47.6. The Hall–Kier alpha value is -3.59. The van der Waals surface area contributed by atoms with Gasteiger partial charge in [0.15, 0.2) is 31.2 Å². The number of anilines is 1. The van der Waals surface area contributed by atoms with E-state index < -0.39 is 60.0 Å². The Balaban J connectivity index is 1.57. The lowest BCUT2D eigenvalue weighted by Gasteiger charge is -2.55. The maximum Gasteiger partial charge on any atom is 0.265 e. The average Bonchev–Trinajstić information content (AvgIpc) is 3.49. The highest BCUT2D eigenvalue weighted by molar-refractivity contribution is 6.74. The van der Waals surface area contributed by atoms with Crippen LogP contribution in [0.25, 0.3) is 0 Å². The van der Waals surface area contributed by atoms with Gasteiger partial charge in [0, 0.05) is 29.7 Å². The van der Waals surface area contributed by atoms with Gasteiger partial charge < -0.3 is 28.8 Å². The second kappa shape index (κ2) is 14.8. The van der Waals surface area contributed by atoms with Gasteiger partial charge in [-0.05, 0) is 82.5 Å². The lowest BCUT2D eigenvalue weighted by Crippen LogP contribution is -2.65. The number of carbonyl (C=O) groups is 3. The molecule has 2 aromatic rings. The number of rotatable bonds is 13. The quantitative estimate of drug-likeness (QED) is 0.157. The molecular weight excluding hydrogens is 712 g/mol. The van der Waals surface area contributed by atoms with Gasteiger partial charge in [-0.2, -0.15) is 0 Å². The van der Waals surface area contributed by atoms with E-state index in [2.05, 4.69) is 10.5 Å². The first-order chi connectivity index (χ1) is 25.4. The van der Waals surface area contributed by atoms with Crippen LogP contribution in [0.15, 0.2) is 21.9 Å². The zero-order valence-electron chi connectivity index (χ0n) is 33.5. The number of aliphatic hydroxyl groups excluding tert-OH is 1. The number of aromatic nitrogens is 1. The fourth-order valence-corrected chi connectivity index (χ4v) is 9.63. The van der Waals surface area contributed by atoms with E-state index in [4.69, 9.17) is 18.4 Å². The molecule has 54 heavy (non-hydrogen) atoms. The third-order valence-corrected chi connectivity index (χ3v) is 16.8. The third-order valence-electron chi connectivity index (χ3n) is 12.3. The normalized spacial score (nSPS) is 25.5. The predicted molar refractivity (Wildman–Crippen MR) is 204 cm³/mol. The zero-order chi connectivity index (χ0) is 39.5. The number of hydrogen-bond donors (Lipinski definition) is 2. The van der Waals surface area contributed by atoms with E-state index in [1.807, 2.05) is 78.7 Å². The number of fused-ring (bicyclic) bond motifs is 4. The van der Waals surface area contributed by atoms with Gasteiger partial charge in [-0.1, -0.05) is 47.5 Å². The van der Waals surface area contributed by atoms with E-state index in [1.54, 1.807) is 0 Å². The standard InChI is InChI=1S/C40H57FN4O8Si/c1-11-13-17-50-33-26(42-37(49)27-15-16-45(27)8)21-25(41)23-19-22-20-24-31(44(6)7)34-30(38(43-52-34)51-18-14-12-2)36(48)40(24,53-54(9,10)39(3,4)5)35(47)28(22)32(46)29(23)33/h21-22,24,27,31,47H,11-20H2,1-10H3,(H,42,49)/t22-,24-,27-,31-,40-/m0/s1. The van der Waals surface area contributed by atoms with E-state index in [1.165, 1.54) is 6.07 Å². The Morgan fingerprint density at radius 2 is 1.81 bits per heavy atom. The van der Waals surface area contributed by atoms with Gasteiger partial charge in [0.05, 0.1) is 36.5 Å². The summed E-state index contributed by atoms with van der Waals surface area (Å²) in [6, 6.07) is 0.237. The van der Waals surface area contributed by atoms with E-state index in [-0.39, 0.29) is 71.0 Å². The predicted octanol–water partition coefficient (Wildman–Crippen LogP) is 7.26. The summed E-state index contributed by atoms with van der Waals surface area (Å²) >= 11 is 0. The number of ether oxygens (including phenoxy) is 2. The first kappa shape index (κ1) is 40.1. The molecule has 0 unspecified atom stereocenters. The number of likely N-dealkylation sites (tertiary alicyclic amines) is 1. The van der Waals surface area contributed by atoms with Crippen LogP contribution in [0.1, 0.15) is 111 Å². The topological polar surface area (TPSA) is 144 Å². The molecule has 1 aliphatic heterocycles. The number of likely N-dealkylation sites (N-methyl/N-ethyl adjacent to an activating group) is 1. The van der Waals surface area contributed by atoms with Crippen molar-refractivity contribution < 1.29 is 42.3 Å². The molecule has 12 nitrogen and oxygen atoms in total. The number of ketones is 2. The van der Waals surface area contributed by atoms with E-state index in [0.29, 0.717) is 25.2 Å². The Morgan fingerprint density at radius 3 is 2.39 bits per heavy atom. The molecule has 1 saturated heterocycles. The SMILES string of the molecule is CCCCOc1noc2c1C(=O)[C@@]1(O[Si](C)(C)C(C)(C)C)C(O)=C3C(=O)c4c(c(F)cc(NC(=O)[C@@H]5CCN5C)c4OCCCC)C[C@H]3C[C@H]1[C@@H]2N(C)C. The molecule has 4 aliphatic rings. The van der Waals surface area contributed by atoms with Gasteiger partial charge in [-0.15, -0.1) is 0 Å². The van der Waals surface area contributed by atoms with Crippen molar-refractivity contribution in [1.29, 1.82) is 0 Å². The Kier molecular flexibility index (Phi) is 11.0. The monoisotopic (exact) mass is 768 g/mol. The van der Waals surface area contributed by atoms with Crippen LogP contribution in [-0.4, -0.2) is 98.4 Å². The minimum atomic E-state index is -2.91. The smallest absolute Gasteiger partial charge is 0.265 e. The van der Waals surface area contributed by atoms with Crippen LogP contribution >= 0.6 is 0 Å². The summed E-state index contributed by atoms with van der Waals surface area (Å²) in [5.41, 5.74) is -1.75. The molecule has 0 saturated carbocycles. The molecule has 5 atom stereocenters. The van der Waals surface area contributed by atoms with Crippen molar-refractivity contribution in [2.45, 2.75) is 115 Å². The number of nitrogens with zero attached hydrogens (tertiary/aromatic N) is 3. The minimum Gasteiger partial charge on any atom is -0.508 e. The third kappa shape index (κ3) is 6.50. The number of amides is 1. The van der Waals surface area contributed by atoms with Crippen molar-refractivity contribution in [2.24, 2.45) is 11.8 Å². The Morgan fingerprint density at radius 1 is 1.15 bits per heavy atom. The van der Waals surface area contributed by atoms with E-state index >= 15 is 14.0 Å². The minimum absolute atomic E-state index is 0.00128. The van der Waals surface area contributed by atoms with Crippen molar-refractivity contribution in [1.82, 2.24) is 15.0 Å². The Bertz CT molecular complexity index is 1850. The van der Waals surface area contributed by atoms with Crippen molar-refractivity contribution in [3.63, 3.8) is 0 Å². The highest BCUT2D eigenvalue weighted by atomic mass is 28.4. The van der Waals surface area contributed by atoms with Crippen molar-refractivity contribution >= 4 is 31.5 Å². The molecule has 6 rings (SSSR count). The number of hydrogen-bond acceptors (Lipinski definition) is 11. The number of nitrogens with one attached hydrogen (secondary N) is 1. The van der Waals surface area contributed by atoms with E-state index in [9.17, 15) is 9.90 Å². The molecule has 0 spiro atoms. The van der Waals surface area contributed by atoms with Gasteiger partial charge in [0.25, 0.3) is 5.88 Å². The molecule has 14 heteroatoms. The summed E-state index contributed by atoms with van der Waals surface area (Å²) in [6.07, 6.45) is 3.97. The molecule has 0 bridgehead atoms. The Labute approximate surface area is 318 Å². The van der Waals surface area contributed by atoms with Crippen LogP contribution in [0.2, 0.25) is 18.1 Å². The average molecular weight is 769 g/mol. The van der Waals surface area contributed by atoms with Crippen molar-refractivity contribution in [2.75, 3.05) is 46.2 Å². The summed E-state index contributed by atoms with van der Waals surface area (Å²) < 4.78 is 41.7. The molecule has 296 valence electrons. The van der Waals surface area contributed by atoms with Gasteiger partial charge in [0.2, 0.25) is 11.7 Å². The number of carbonyl (C=O) groups excluding carboxylic acids is 3. The number of benzene rings is 1. The second-order valence-corrected chi connectivity index (χ2v) is 21.9. The van der Waals surface area contributed by atoms with Crippen LogP contribution in [-0.2, 0) is 15.6 Å². The molecule has 1 fully saturated rings. The largest absolute Gasteiger partial charge is 0.508 e. The number of Topliss-reactive ketones (excluding diaryl/α,β-unsaturated/α-hetero) is 2. The lowest BCUT2D eigenvalue weighted by atomic mass is 9.58. The maximum atomic E-state index is 16.3. The van der Waals surface area contributed by atoms with Gasteiger partial charge in [0.1, 0.15) is 17.1 Å². The van der Waals surface area contributed by atoms with Crippen molar-refractivity contribution in [3.05, 3.63) is 45.7 Å². The van der Waals surface area contributed by atoms with Gasteiger partial charge >= 0.3 is 0 Å². The van der Waals surface area contributed by atoms with Crippen molar-refractivity contribution in [3.8, 4) is 11.6 Å². The summed E-state index contributed by atoms with van der Waals surface area (Å²) in [5, 5.41) is 19.5. The van der Waals surface area contributed by atoms with Gasteiger partial charge in [-0.25, -0.2) is 4.39 Å². The fraction of sp³-hybridized carbons (Fsp3) is 0.650.